The minimum atomic E-state index is -0.475. The van der Waals surface area contributed by atoms with Crippen molar-refractivity contribution in [3.8, 4) is 0 Å². The zero-order valence-electron chi connectivity index (χ0n) is 10.4. The number of aliphatic imine (C=N–C) groups is 1. The highest BCUT2D eigenvalue weighted by molar-refractivity contribution is 7.11. The van der Waals surface area contributed by atoms with E-state index in [1.807, 2.05) is 18.2 Å². The summed E-state index contributed by atoms with van der Waals surface area (Å²) in [5, 5.41) is 5.76. The first-order valence-electron chi connectivity index (χ1n) is 5.93. The summed E-state index contributed by atoms with van der Waals surface area (Å²) >= 11 is 1.29. The first-order valence-corrected chi connectivity index (χ1v) is 6.81. The number of thiazole rings is 1. The molecule has 2 aromatic rings. The van der Waals surface area contributed by atoms with Gasteiger partial charge in [-0.25, -0.2) is 4.99 Å². The fourth-order valence-electron chi connectivity index (χ4n) is 1.68. The van der Waals surface area contributed by atoms with Crippen molar-refractivity contribution in [3.05, 3.63) is 52.9 Å². The van der Waals surface area contributed by atoms with Crippen LogP contribution in [-0.4, -0.2) is 28.4 Å². The lowest BCUT2D eigenvalue weighted by molar-refractivity contribution is 0.0938. The van der Waals surface area contributed by atoms with Crippen molar-refractivity contribution < 1.29 is 4.79 Å². The molecule has 0 fully saturated rings. The summed E-state index contributed by atoms with van der Waals surface area (Å²) in [6.45, 7) is 0. The third-order valence-electron chi connectivity index (χ3n) is 2.64. The quantitative estimate of drug-likeness (QED) is 0.890. The van der Waals surface area contributed by atoms with Gasteiger partial charge in [-0.05, 0) is 12.1 Å². The Labute approximate surface area is 119 Å². The Kier molecular flexibility index (Phi) is 3.51. The van der Waals surface area contributed by atoms with Crippen LogP contribution < -0.4 is 10.6 Å². The van der Waals surface area contributed by atoms with Crippen LogP contribution in [0.25, 0.3) is 5.57 Å². The normalized spacial score (nSPS) is 17.2. The molecule has 2 aromatic heterocycles. The molecule has 3 rings (SSSR count). The topological polar surface area (TPSA) is 79.3 Å². The third-order valence-corrected chi connectivity index (χ3v) is 3.42. The van der Waals surface area contributed by atoms with Crippen molar-refractivity contribution in [3.63, 3.8) is 0 Å². The number of amides is 1. The van der Waals surface area contributed by atoms with Crippen molar-refractivity contribution in [2.24, 2.45) is 4.99 Å². The first-order chi connectivity index (χ1) is 9.83. The highest BCUT2D eigenvalue weighted by atomic mass is 32.1. The number of rotatable bonds is 3. The van der Waals surface area contributed by atoms with Crippen LogP contribution in [0.15, 0.2) is 47.3 Å². The highest BCUT2D eigenvalue weighted by Crippen LogP contribution is 2.11. The summed E-state index contributed by atoms with van der Waals surface area (Å²) in [7, 11) is 0. The molecule has 0 radical (unpaired) electrons. The van der Waals surface area contributed by atoms with E-state index >= 15 is 0 Å². The minimum Gasteiger partial charge on any atom is -0.352 e. The maximum absolute atomic E-state index is 11.8. The predicted molar refractivity (Wildman–Crippen MR) is 77.2 cm³/mol. The lowest BCUT2D eigenvalue weighted by Gasteiger charge is -2.18. The van der Waals surface area contributed by atoms with Gasteiger partial charge in [0.25, 0.3) is 5.91 Å². The van der Waals surface area contributed by atoms with E-state index < -0.39 is 6.29 Å². The van der Waals surface area contributed by atoms with Crippen LogP contribution in [0.2, 0.25) is 0 Å². The fraction of sp³-hybridized carbons (Fsp3) is 0.0769. The molecule has 1 amide bonds. The molecule has 2 N–H and O–H groups in total. The Balaban J connectivity index is 1.63. The molecule has 0 bridgehead atoms. The van der Waals surface area contributed by atoms with Crippen LogP contribution in [0.4, 0.5) is 0 Å². The molecule has 0 aromatic carbocycles. The van der Waals surface area contributed by atoms with Gasteiger partial charge < -0.3 is 10.6 Å². The molecule has 100 valence electrons. The average Bonchev–Trinajstić information content (AvgIpc) is 3.03. The van der Waals surface area contributed by atoms with Crippen LogP contribution >= 0.6 is 11.3 Å². The van der Waals surface area contributed by atoms with Crippen molar-refractivity contribution >= 4 is 29.0 Å². The molecular formula is C13H11N5OS. The van der Waals surface area contributed by atoms with Gasteiger partial charge in [-0.15, -0.1) is 11.3 Å². The molecule has 0 saturated carbocycles. The molecule has 1 aliphatic heterocycles. The van der Waals surface area contributed by atoms with Crippen molar-refractivity contribution in [2.45, 2.75) is 6.29 Å². The van der Waals surface area contributed by atoms with Gasteiger partial charge in [0.15, 0.2) is 6.29 Å². The van der Waals surface area contributed by atoms with Gasteiger partial charge in [0.1, 0.15) is 4.88 Å². The van der Waals surface area contributed by atoms with E-state index in [0.717, 1.165) is 11.3 Å². The highest BCUT2D eigenvalue weighted by Gasteiger charge is 2.15. The Hall–Kier alpha value is -2.54. The standard InChI is InChI=1S/C13H11N5OS/c19-12(11-7-14-8-20-11)18-13-16-5-9(6-17-13)10-3-1-2-4-15-10/h1-8,13,16H,(H,18,19). The van der Waals surface area contributed by atoms with Crippen LogP contribution in [0.5, 0.6) is 0 Å². The molecule has 6 nitrogen and oxygen atoms in total. The Bertz CT molecular complexity index is 651. The second-order valence-corrected chi connectivity index (χ2v) is 4.89. The smallest absolute Gasteiger partial charge is 0.266 e. The maximum Gasteiger partial charge on any atom is 0.266 e. The van der Waals surface area contributed by atoms with E-state index in [4.69, 9.17) is 0 Å². The zero-order chi connectivity index (χ0) is 13.8. The second kappa shape index (κ2) is 5.62. The van der Waals surface area contributed by atoms with E-state index in [2.05, 4.69) is 25.6 Å². The van der Waals surface area contributed by atoms with Crippen molar-refractivity contribution in [1.82, 2.24) is 20.6 Å². The molecular weight excluding hydrogens is 274 g/mol. The molecule has 1 aliphatic rings. The maximum atomic E-state index is 11.8. The average molecular weight is 285 g/mol. The van der Waals surface area contributed by atoms with Crippen LogP contribution in [0.3, 0.4) is 0 Å². The molecule has 0 aliphatic carbocycles. The van der Waals surface area contributed by atoms with Gasteiger partial charge in [0.05, 0.1) is 17.4 Å². The lowest BCUT2D eigenvalue weighted by atomic mass is 10.2. The third kappa shape index (κ3) is 2.72. The Morgan fingerprint density at radius 1 is 1.40 bits per heavy atom. The summed E-state index contributed by atoms with van der Waals surface area (Å²) < 4.78 is 0. The number of aromatic nitrogens is 2. The minimum absolute atomic E-state index is 0.197. The van der Waals surface area contributed by atoms with Gasteiger partial charge >= 0.3 is 0 Å². The number of nitrogens with zero attached hydrogens (tertiary/aromatic N) is 3. The van der Waals surface area contributed by atoms with E-state index in [9.17, 15) is 4.79 Å². The lowest BCUT2D eigenvalue weighted by Crippen LogP contribution is -2.43. The number of carbonyl (C=O) groups is 1. The molecule has 1 atom stereocenters. The molecule has 3 heterocycles. The van der Waals surface area contributed by atoms with Crippen molar-refractivity contribution in [2.75, 3.05) is 0 Å². The number of hydrogen-bond acceptors (Lipinski definition) is 6. The summed E-state index contributed by atoms with van der Waals surface area (Å²) in [5.74, 6) is -0.197. The van der Waals surface area contributed by atoms with Gasteiger partial charge in [-0.1, -0.05) is 6.07 Å². The number of hydrogen-bond donors (Lipinski definition) is 2. The van der Waals surface area contributed by atoms with E-state index in [0.29, 0.717) is 4.88 Å². The van der Waals surface area contributed by atoms with E-state index in [1.54, 1.807) is 24.1 Å². The monoisotopic (exact) mass is 285 g/mol. The van der Waals surface area contributed by atoms with Crippen LogP contribution in [-0.2, 0) is 0 Å². The van der Waals surface area contributed by atoms with Gasteiger partial charge in [0, 0.05) is 24.2 Å². The predicted octanol–water partition coefficient (Wildman–Crippen LogP) is 1.27. The molecule has 0 spiro atoms. The van der Waals surface area contributed by atoms with Crippen LogP contribution in [0, 0.1) is 0 Å². The van der Waals surface area contributed by atoms with E-state index in [-0.39, 0.29) is 5.91 Å². The number of pyridine rings is 1. The largest absolute Gasteiger partial charge is 0.352 e. The fourth-order valence-corrected chi connectivity index (χ4v) is 2.20. The molecule has 7 heteroatoms. The molecule has 20 heavy (non-hydrogen) atoms. The SMILES string of the molecule is O=C(NC1N=CC(c2ccccn2)=CN1)c1cncs1. The zero-order valence-corrected chi connectivity index (χ0v) is 11.2. The summed E-state index contributed by atoms with van der Waals surface area (Å²) in [4.78, 5) is 24.7. The number of allylic oxidation sites excluding steroid dienone is 1. The van der Waals surface area contributed by atoms with Crippen molar-refractivity contribution in [1.29, 1.82) is 0 Å². The van der Waals surface area contributed by atoms with E-state index in [1.165, 1.54) is 17.5 Å². The number of carbonyl (C=O) groups excluding carboxylic acids is 1. The summed E-state index contributed by atoms with van der Waals surface area (Å²) in [6.07, 6.45) is 6.25. The van der Waals surface area contributed by atoms with Gasteiger partial charge in [0.2, 0.25) is 0 Å². The van der Waals surface area contributed by atoms with Gasteiger partial charge in [-0.2, -0.15) is 0 Å². The number of nitrogens with one attached hydrogen (secondary N) is 2. The molecule has 1 unspecified atom stereocenters. The first kappa shape index (κ1) is 12.5. The summed E-state index contributed by atoms with van der Waals surface area (Å²) in [5.41, 5.74) is 3.32. The van der Waals surface area contributed by atoms with Crippen LogP contribution in [0.1, 0.15) is 15.4 Å². The molecule has 0 saturated heterocycles. The van der Waals surface area contributed by atoms with Gasteiger partial charge in [-0.3, -0.25) is 14.8 Å². The summed E-state index contributed by atoms with van der Waals surface area (Å²) in [6, 6.07) is 5.67. The Morgan fingerprint density at radius 3 is 3.00 bits per heavy atom. The Morgan fingerprint density at radius 2 is 2.35 bits per heavy atom. The second-order valence-electron chi connectivity index (χ2n) is 4.00.